The summed E-state index contributed by atoms with van der Waals surface area (Å²) < 4.78 is 13.1. The maximum Gasteiger partial charge on any atom is 0.225 e. The van der Waals surface area contributed by atoms with E-state index < -0.39 is 0 Å². The molecule has 2 aromatic rings. The molecular weight excluding hydrogens is 381 g/mol. The van der Waals surface area contributed by atoms with E-state index in [1.807, 2.05) is 0 Å². The number of likely N-dealkylation sites (tertiary alicyclic amines) is 1. The van der Waals surface area contributed by atoms with Crippen LogP contribution in [0.1, 0.15) is 32.1 Å². The average molecular weight is 412 g/mol. The van der Waals surface area contributed by atoms with Crippen molar-refractivity contribution < 1.29 is 9.18 Å². The Labute approximate surface area is 177 Å². The predicted octanol–water partition coefficient (Wildman–Crippen LogP) is 3.10. The van der Waals surface area contributed by atoms with Crippen LogP contribution in [0.4, 0.5) is 10.3 Å². The van der Waals surface area contributed by atoms with Gasteiger partial charge in [-0.3, -0.25) is 4.79 Å². The van der Waals surface area contributed by atoms with Gasteiger partial charge in [0.2, 0.25) is 11.9 Å². The van der Waals surface area contributed by atoms with Gasteiger partial charge in [0.25, 0.3) is 0 Å². The summed E-state index contributed by atoms with van der Waals surface area (Å²) in [7, 11) is 0. The number of amides is 1. The molecule has 6 nitrogen and oxygen atoms in total. The van der Waals surface area contributed by atoms with Crippen molar-refractivity contribution in [2.45, 2.75) is 32.1 Å². The molecule has 1 amide bonds. The van der Waals surface area contributed by atoms with Gasteiger partial charge in [0.05, 0.1) is 5.92 Å². The van der Waals surface area contributed by atoms with Crippen molar-refractivity contribution in [3.8, 4) is 11.1 Å². The van der Waals surface area contributed by atoms with Crippen molar-refractivity contribution in [1.29, 1.82) is 0 Å². The molecule has 0 saturated carbocycles. The Morgan fingerprint density at radius 2 is 1.77 bits per heavy atom. The molecule has 1 atom stereocenters. The third-order valence-electron chi connectivity index (χ3n) is 6.04. The van der Waals surface area contributed by atoms with Gasteiger partial charge in [-0.15, -0.1) is 0 Å². The SMILES string of the molecule is O=C(NCCCN1CCCC1)C1CCCN(c2ncc(-c3ccc(F)cc3)cn2)C1. The number of rotatable bonds is 7. The zero-order valence-corrected chi connectivity index (χ0v) is 17.4. The standard InChI is InChI=1S/C23H30FN5O/c24-21-8-6-18(7-9-21)20-15-26-23(27-16-20)29-14-3-5-19(17-29)22(30)25-10-4-13-28-11-1-2-12-28/h6-9,15-16,19H,1-5,10-14,17H2,(H,25,30). The zero-order valence-electron chi connectivity index (χ0n) is 17.4. The van der Waals surface area contributed by atoms with E-state index in [2.05, 4.69) is 25.1 Å². The van der Waals surface area contributed by atoms with Crippen molar-refractivity contribution in [2.75, 3.05) is 44.2 Å². The molecule has 0 spiro atoms. The van der Waals surface area contributed by atoms with Crippen LogP contribution in [-0.4, -0.2) is 60.0 Å². The number of piperidine rings is 1. The number of hydrogen-bond acceptors (Lipinski definition) is 5. The Kier molecular flexibility index (Phi) is 6.89. The van der Waals surface area contributed by atoms with Gasteiger partial charge in [-0.2, -0.15) is 0 Å². The number of carbonyl (C=O) groups is 1. The second-order valence-corrected chi connectivity index (χ2v) is 8.26. The summed E-state index contributed by atoms with van der Waals surface area (Å²) in [5.74, 6) is 0.507. The van der Waals surface area contributed by atoms with E-state index in [1.165, 1.54) is 38.1 Å². The Bertz CT molecular complexity index is 820. The third kappa shape index (κ3) is 5.33. The second kappa shape index (κ2) is 9.98. The van der Waals surface area contributed by atoms with Crippen LogP contribution in [0, 0.1) is 11.7 Å². The fraction of sp³-hybridized carbons (Fsp3) is 0.522. The molecule has 160 valence electrons. The minimum Gasteiger partial charge on any atom is -0.356 e. The van der Waals surface area contributed by atoms with E-state index in [4.69, 9.17) is 0 Å². The summed E-state index contributed by atoms with van der Waals surface area (Å²) in [6, 6.07) is 6.31. The first kappa shape index (κ1) is 20.7. The fourth-order valence-electron chi connectivity index (χ4n) is 4.31. The molecule has 1 aromatic heterocycles. The van der Waals surface area contributed by atoms with E-state index >= 15 is 0 Å². The molecule has 0 aliphatic carbocycles. The minimum absolute atomic E-state index is 0.0223. The van der Waals surface area contributed by atoms with Gasteiger partial charge in [0, 0.05) is 37.6 Å². The van der Waals surface area contributed by atoms with Crippen molar-refractivity contribution in [3.05, 3.63) is 42.5 Å². The third-order valence-corrected chi connectivity index (χ3v) is 6.04. The predicted molar refractivity (Wildman–Crippen MR) is 116 cm³/mol. The van der Waals surface area contributed by atoms with E-state index in [9.17, 15) is 9.18 Å². The zero-order chi connectivity index (χ0) is 20.8. The van der Waals surface area contributed by atoms with E-state index in [1.54, 1.807) is 24.5 Å². The molecule has 2 aliphatic heterocycles. The average Bonchev–Trinajstić information content (AvgIpc) is 3.31. The first-order valence-electron chi connectivity index (χ1n) is 11.0. The van der Waals surface area contributed by atoms with Crippen LogP contribution in [0.2, 0.25) is 0 Å². The molecule has 2 saturated heterocycles. The summed E-state index contributed by atoms with van der Waals surface area (Å²) in [4.78, 5) is 26.2. The van der Waals surface area contributed by atoms with Crippen molar-refractivity contribution >= 4 is 11.9 Å². The number of nitrogens with zero attached hydrogens (tertiary/aromatic N) is 4. The highest BCUT2D eigenvalue weighted by Gasteiger charge is 2.27. The summed E-state index contributed by atoms with van der Waals surface area (Å²) >= 11 is 0. The molecule has 1 unspecified atom stereocenters. The number of halogens is 1. The number of aromatic nitrogens is 2. The largest absolute Gasteiger partial charge is 0.356 e. The highest BCUT2D eigenvalue weighted by molar-refractivity contribution is 5.79. The second-order valence-electron chi connectivity index (χ2n) is 8.26. The van der Waals surface area contributed by atoms with E-state index in [0.717, 1.165) is 50.0 Å². The lowest BCUT2D eigenvalue weighted by molar-refractivity contribution is -0.125. The number of hydrogen-bond donors (Lipinski definition) is 1. The molecule has 2 fully saturated rings. The van der Waals surface area contributed by atoms with Gasteiger partial charge in [0.15, 0.2) is 0 Å². The summed E-state index contributed by atoms with van der Waals surface area (Å²) in [5, 5.41) is 3.12. The molecule has 7 heteroatoms. The highest BCUT2D eigenvalue weighted by Crippen LogP contribution is 2.23. The molecule has 3 heterocycles. The van der Waals surface area contributed by atoms with Gasteiger partial charge >= 0.3 is 0 Å². The Hall–Kier alpha value is -2.54. The Morgan fingerprint density at radius 1 is 1.03 bits per heavy atom. The lowest BCUT2D eigenvalue weighted by atomic mass is 9.97. The molecule has 0 radical (unpaired) electrons. The van der Waals surface area contributed by atoms with Gasteiger partial charge in [-0.05, 0) is 69.4 Å². The van der Waals surface area contributed by atoms with E-state index in [-0.39, 0.29) is 17.6 Å². The number of carbonyl (C=O) groups excluding carboxylic acids is 1. The van der Waals surface area contributed by atoms with Crippen LogP contribution in [-0.2, 0) is 4.79 Å². The van der Waals surface area contributed by atoms with Crippen LogP contribution in [0.5, 0.6) is 0 Å². The molecule has 1 N–H and O–H groups in total. The molecular formula is C23H30FN5O. The highest BCUT2D eigenvalue weighted by atomic mass is 19.1. The Morgan fingerprint density at radius 3 is 2.50 bits per heavy atom. The number of nitrogens with one attached hydrogen (secondary N) is 1. The quantitative estimate of drug-likeness (QED) is 0.710. The van der Waals surface area contributed by atoms with Crippen LogP contribution in [0.3, 0.4) is 0 Å². The van der Waals surface area contributed by atoms with Crippen LogP contribution < -0.4 is 10.2 Å². The summed E-state index contributed by atoms with van der Waals surface area (Å²) in [6.07, 6.45) is 9.00. The monoisotopic (exact) mass is 411 g/mol. The van der Waals surface area contributed by atoms with Crippen molar-refractivity contribution in [2.24, 2.45) is 5.92 Å². The van der Waals surface area contributed by atoms with Crippen molar-refractivity contribution in [3.63, 3.8) is 0 Å². The summed E-state index contributed by atoms with van der Waals surface area (Å²) in [6.45, 7) is 5.72. The first-order valence-corrected chi connectivity index (χ1v) is 11.0. The molecule has 0 bridgehead atoms. The minimum atomic E-state index is -0.259. The van der Waals surface area contributed by atoms with Gasteiger partial charge in [-0.25, -0.2) is 14.4 Å². The lowest BCUT2D eigenvalue weighted by Gasteiger charge is -2.32. The topological polar surface area (TPSA) is 61.4 Å². The Balaban J connectivity index is 1.27. The summed E-state index contributed by atoms with van der Waals surface area (Å²) in [5.41, 5.74) is 1.73. The van der Waals surface area contributed by atoms with Crippen LogP contribution in [0.15, 0.2) is 36.7 Å². The molecule has 2 aliphatic rings. The lowest BCUT2D eigenvalue weighted by Crippen LogP contribution is -2.44. The fourth-order valence-corrected chi connectivity index (χ4v) is 4.31. The molecule has 4 rings (SSSR count). The van der Waals surface area contributed by atoms with Crippen LogP contribution >= 0.6 is 0 Å². The van der Waals surface area contributed by atoms with Crippen molar-refractivity contribution in [1.82, 2.24) is 20.2 Å². The van der Waals surface area contributed by atoms with Crippen LogP contribution in [0.25, 0.3) is 11.1 Å². The first-order chi connectivity index (χ1) is 14.7. The smallest absolute Gasteiger partial charge is 0.225 e. The van der Waals surface area contributed by atoms with Gasteiger partial charge in [-0.1, -0.05) is 12.1 Å². The van der Waals surface area contributed by atoms with Gasteiger partial charge < -0.3 is 15.1 Å². The number of anilines is 1. The molecule has 1 aromatic carbocycles. The number of benzene rings is 1. The van der Waals surface area contributed by atoms with Gasteiger partial charge in [0.1, 0.15) is 5.82 Å². The maximum absolute atomic E-state index is 13.1. The van der Waals surface area contributed by atoms with E-state index in [0.29, 0.717) is 12.5 Å². The normalized spacial score (nSPS) is 19.8. The molecule has 30 heavy (non-hydrogen) atoms. The maximum atomic E-state index is 13.1.